The standard InChI is InChI=1S/C20H18N2O3/c23-18(20(9-10-20)19(24)25)12-13-4-6-14(7-5-13)22-17-3-1-2-16-15(17)8-11-21-16/h1-8,11,21-22H,9-10,12H2,(H,24,25). The molecule has 5 heteroatoms. The number of carboxylic acids is 1. The lowest BCUT2D eigenvalue weighted by atomic mass is 9.95. The number of aliphatic carboxylic acids is 1. The SMILES string of the molecule is O=C(O)C1(C(=O)Cc2ccc(Nc3cccc4[nH]ccc34)cc2)CC1. The predicted octanol–water partition coefficient (Wildman–Crippen LogP) is 3.89. The molecule has 3 aromatic rings. The number of ketones is 1. The van der Waals surface area contributed by atoms with E-state index in [1.165, 1.54) is 0 Å². The van der Waals surface area contributed by atoms with Gasteiger partial charge in [-0.1, -0.05) is 18.2 Å². The molecule has 1 aliphatic carbocycles. The van der Waals surface area contributed by atoms with Crippen molar-refractivity contribution in [1.82, 2.24) is 4.98 Å². The van der Waals surface area contributed by atoms with Crippen LogP contribution in [0.3, 0.4) is 0 Å². The number of hydrogen-bond donors (Lipinski definition) is 3. The van der Waals surface area contributed by atoms with Crippen LogP contribution in [0.25, 0.3) is 10.9 Å². The predicted molar refractivity (Wildman–Crippen MR) is 96.0 cm³/mol. The van der Waals surface area contributed by atoms with Gasteiger partial charge in [-0.2, -0.15) is 0 Å². The highest BCUT2D eigenvalue weighted by atomic mass is 16.4. The Hall–Kier alpha value is -3.08. The van der Waals surface area contributed by atoms with Crippen LogP contribution in [0.1, 0.15) is 18.4 Å². The summed E-state index contributed by atoms with van der Waals surface area (Å²) in [4.78, 5) is 26.6. The third kappa shape index (κ3) is 2.78. The highest BCUT2D eigenvalue weighted by Gasteiger charge is 2.56. The fourth-order valence-electron chi connectivity index (χ4n) is 3.15. The number of fused-ring (bicyclic) bond motifs is 1. The molecule has 1 aromatic heterocycles. The van der Waals surface area contributed by atoms with Gasteiger partial charge in [-0.05, 0) is 48.7 Å². The summed E-state index contributed by atoms with van der Waals surface area (Å²) in [5.41, 5.74) is 2.70. The Morgan fingerprint density at radius 2 is 1.84 bits per heavy atom. The van der Waals surface area contributed by atoms with Crippen molar-refractivity contribution in [2.24, 2.45) is 5.41 Å². The Labute approximate surface area is 144 Å². The highest BCUT2D eigenvalue weighted by molar-refractivity contribution is 6.06. The lowest BCUT2D eigenvalue weighted by Gasteiger charge is -2.10. The summed E-state index contributed by atoms with van der Waals surface area (Å²) >= 11 is 0. The normalized spacial score (nSPS) is 15.0. The molecule has 25 heavy (non-hydrogen) atoms. The van der Waals surface area contributed by atoms with E-state index in [2.05, 4.69) is 10.3 Å². The molecular weight excluding hydrogens is 316 g/mol. The number of rotatable bonds is 6. The molecule has 0 aliphatic heterocycles. The number of carbonyl (C=O) groups excluding carboxylic acids is 1. The van der Waals surface area contributed by atoms with Crippen molar-refractivity contribution in [3.63, 3.8) is 0 Å². The maximum absolute atomic E-state index is 12.2. The first kappa shape index (κ1) is 15.4. The van der Waals surface area contributed by atoms with Crippen LogP contribution in [-0.4, -0.2) is 21.8 Å². The Kier molecular flexibility index (Phi) is 3.57. The first-order valence-electron chi connectivity index (χ1n) is 8.27. The largest absolute Gasteiger partial charge is 0.480 e. The van der Waals surface area contributed by atoms with E-state index in [0.29, 0.717) is 12.8 Å². The van der Waals surface area contributed by atoms with Crippen LogP contribution in [0.4, 0.5) is 11.4 Å². The fourth-order valence-corrected chi connectivity index (χ4v) is 3.15. The Bertz CT molecular complexity index is 952. The number of aromatic nitrogens is 1. The van der Waals surface area contributed by atoms with Gasteiger partial charge in [0.2, 0.25) is 0 Å². The summed E-state index contributed by atoms with van der Waals surface area (Å²) in [5.74, 6) is -1.19. The van der Waals surface area contributed by atoms with E-state index in [-0.39, 0.29) is 12.2 Å². The fraction of sp³-hybridized carbons (Fsp3) is 0.200. The highest BCUT2D eigenvalue weighted by Crippen LogP contribution is 2.47. The first-order valence-corrected chi connectivity index (χ1v) is 8.27. The number of carbonyl (C=O) groups is 2. The molecule has 0 amide bonds. The van der Waals surface area contributed by atoms with Crippen molar-refractivity contribution in [1.29, 1.82) is 0 Å². The smallest absolute Gasteiger partial charge is 0.317 e. The van der Waals surface area contributed by atoms with Gasteiger partial charge in [-0.15, -0.1) is 0 Å². The molecule has 1 saturated carbocycles. The molecule has 0 unspecified atom stereocenters. The lowest BCUT2D eigenvalue weighted by molar-refractivity contribution is -0.148. The van der Waals surface area contributed by atoms with Crippen LogP contribution >= 0.6 is 0 Å². The van der Waals surface area contributed by atoms with E-state index in [0.717, 1.165) is 27.8 Å². The molecule has 5 nitrogen and oxygen atoms in total. The number of H-pyrrole nitrogens is 1. The van der Waals surface area contributed by atoms with Gasteiger partial charge in [0.1, 0.15) is 5.41 Å². The topological polar surface area (TPSA) is 82.2 Å². The molecule has 0 atom stereocenters. The number of anilines is 2. The summed E-state index contributed by atoms with van der Waals surface area (Å²) in [6.45, 7) is 0. The van der Waals surface area contributed by atoms with Crippen molar-refractivity contribution in [3.8, 4) is 0 Å². The van der Waals surface area contributed by atoms with Crippen molar-refractivity contribution < 1.29 is 14.7 Å². The molecule has 0 saturated heterocycles. The van der Waals surface area contributed by atoms with Gasteiger partial charge in [-0.3, -0.25) is 9.59 Å². The molecule has 0 radical (unpaired) electrons. The zero-order valence-corrected chi connectivity index (χ0v) is 13.6. The molecule has 0 spiro atoms. The maximum atomic E-state index is 12.2. The Balaban J connectivity index is 1.48. The van der Waals surface area contributed by atoms with Crippen molar-refractivity contribution in [2.75, 3.05) is 5.32 Å². The number of aromatic amines is 1. The molecular formula is C20H18N2O3. The van der Waals surface area contributed by atoms with Gasteiger partial charge in [-0.25, -0.2) is 0 Å². The van der Waals surface area contributed by atoms with Crippen molar-refractivity contribution in [3.05, 3.63) is 60.3 Å². The van der Waals surface area contributed by atoms with Crippen LogP contribution in [0.5, 0.6) is 0 Å². The minimum Gasteiger partial charge on any atom is -0.480 e. The maximum Gasteiger partial charge on any atom is 0.317 e. The summed E-state index contributed by atoms with van der Waals surface area (Å²) in [6, 6.07) is 15.6. The van der Waals surface area contributed by atoms with Crippen LogP contribution in [0.2, 0.25) is 0 Å². The first-order chi connectivity index (χ1) is 12.1. The van der Waals surface area contributed by atoms with Crippen LogP contribution < -0.4 is 5.32 Å². The third-order valence-corrected chi connectivity index (χ3v) is 4.89. The molecule has 2 aromatic carbocycles. The van der Waals surface area contributed by atoms with Crippen molar-refractivity contribution in [2.45, 2.75) is 19.3 Å². The van der Waals surface area contributed by atoms with Crippen LogP contribution in [-0.2, 0) is 16.0 Å². The number of Topliss-reactive ketones (excluding diaryl/α,β-unsaturated/α-hetero) is 1. The van der Waals surface area contributed by atoms with Gasteiger partial charge >= 0.3 is 5.97 Å². The zero-order valence-electron chi connectivity index (χ0n) is 13.6. The number of hydrogen-bond acceptors (Lipinski definition) is 3. The quantitative estimate of drug-likeness (QED) is 0.597. The monoisotopic (exact) mass is 334 g/mol. The summed E-state index contributed by atoms with van der Waals surface area (Å²) < 4.78 is 0. The van der Waals surface area contributed by atoms with E-state index >= 15 is 0 Å². The molecule has 1 aliphatic rings. The average Bonchev–Trinajstić information content (AvgIpc) is 3.29. The lowest BCUT2D eigenvalue weighted by Crippen LogP contribution is -2.26. The average molecular weight is 334 g/mol. The minimum atomic E-state index is -1.12. The second-order valence-electron chi connectivity index (χ2n) is 6.55. The van der Waals surface area contributed by atoms with Crippen LogP contribution in [0, 0.1) is 5.41 Å². The summed E-state index contributed by atoms with van der Waals surface area (Å²) in [7, 11) is 0. The van der Waals surface area contributed by atoms with E-state index in [1.807, 2.05) is 54.7 Å². The molecule has 3 N–H and O–H groups in total. The minimum absolute atomic E-state index is 0.167. The Morgan fingerprint density at radius 1 is 1.08 bits per heavy atom. The molecule has 1 fully saturated rings. The van der Waals surface area contributed by atoms with E-state index in [4.69, 9.17) is 0 Å². The van der Waals surface area contributed by atoms with E-state index < -0.39 is 11.4 Å². The van der Waals surface area contributed by atoms with Crippen molar-refractivity contribution >= 4 is 34.0 Å². The second kappa shape index (κ2) is 5.77. The van der Waals surface area contributed by atoms with Gasteiger partial charge in [0, 0.05) is 34.9 Å². The summed E-state index contributed by atoms with van der Waals surface area (Å²) in [5, 5.41) is 13.7. The van der Waals surface area contributed by atoms with E-state index in [1.54, 1.807) is 0 Å². The van der Waals surface area contributed by atoms with Gasteiger partial charge in [0.05, 0.1) is 0 Å². The van der Waals surface area contributed by atoms with E-state index in [9.17, 15) is 14.7 Å². The number of benzene rings is 2. The Morgan fingerprint density at radius 3 is 2.52 bits per heavy atom. The zero-order chi connectivity index (χ0) is 17.4. The van der Waals surface area contributed by atoms with Gasteiger partial charge in [0.25, 0.3) is 0 Å². The second-order valence-corrected chi connectivity index (χ2v) is 6.55. The van der Waals surface area contributed by atoms with Crippen LogP contribution in [0.15, 0.2) is 54.7 Å². The van der Waals surface area contributed by atoms with Gasteiger partial charge in [0.15, 0.2) is 5.78 Å². The van der Waals surface area contributed by atoms with Gasteiger partial charge < -0.3 is 15.4 Å². The number of nitrogens with one attached hydrogen (secondary N) is 2. The molecule has 0 bridgehead atoms. The molecule has 1 heterocycles. The molecule has 126 valence electrons. The number of carboxylic acid groups (broad SMARTS) is 1. The molecule has 4 rings (SSSR count). The third-order valence-electron chi connectivity index (χ3n) is 4.89. The summed E-state index contributed by atoms with van der Waals surface area (Å²) in [6.07, 6.45) is 2.99.